The van der Waals surface area contributed by atoms with Crippen molar-refractivity contribution in [3.05, 3.63) is 44.6 Å². The number of aromatic nitrogens is 1. The maximum atomic E-state index is 12.7. The minimum atomic E-state index is -0.389. The number of carbonyl (C=O) groups is 3. The second-order valence-electron chi connectivity index (χ2n) is 8.89. The van der Waals surface area contributed by atoms with Crippen molar-refractivity contribution < 1.29 is 23.9 Å². The van der Waals surface area contributed by atoms with Gasteiger partial charge in [0.2, 0.25) is 5.91 Å². The summed E-state index contributed by atoms with van der Waals surface area (Å²) in [6.07, 6.45) is 3.84. The molecule has 2 amide bonds. The fourth-order valence-corrected chi connectivity index (χ4v) is 7.45. The molecule has 0 saturated carbocycles. The Balaban J connectivity index is 1.41. The maximum Gasteiger partial charge on any atom is 0.341 e. The van der Waals surface area contributed by atoms with E-state index in [0.717, 1.165) is 51.9 Å². The number of carbonyl (C=O) groups excluding carboxylic acids is 3. The van der Waals surface area contributed by atoms with Gasteiger partial charge in [-0.15, -0.1) is 23.1 Å². The zero-order valence-electron chi connectivity index (χ0n) is 22.0. The Morgan fingerprint density at radius 1 is 1.11 bits per heavy atom. The van der Waals surface area contributed by atoms with E-state index in [9.17, 15) is 14.4 Å². The number of esters is 1. The van der Waals surface area contributed by atoms with Gasteiger partial charge in [-0.1, -0.05) is 17.4 Å². The van der Waals surface area contributed by atoms with Crippen LogP contribution in [0.25, 0.3) is 10.2 Å². The molecule has 8 nitrogen and oxygen atoms in total. The summed E-state index contributed by atoms with van der Waals surface area (Å²) in [5, 5.41) is 3.44. The van der Waals surface area contributed by atoms with E-state index in [0.29, 0.717) is 35.1 Å². The van der Waals surface area contributed by atoms with Crippen molar-refractivity contribution >= 4 is 67.4 Å². The number of hydrogen-bond donors (Lipinski definition) is 1. The Labute approximate surface area is 234 Å². The van der Waals surface area contributed by atoms with Gasteiger partial charge in [0, 0.05) is 18.0 Å². The summed E-state index contributed by atoms with van der Waals surface area (Å²) >= 11 is 4.14. The highest BCUT2D eigenvalue weighted by molar-refractivity contribution is 8.00. The molecule has 1 aliphatic rings. The van der Waals surface area contributed by atoms with E-state index in [2.05, 4.69) is 16.4 Å². The number of aryl methyl sites for hydroxylation is 2. The molecule has 3 aromatic rings. The second kappa shape index (κ2) is 13.5. The monoisotopic (exact) mass is 575 g/mol. The number of nitrogens with zero attached hydrogens (tertiary/aromatic N) is 2. The first-order chi connectivity index (χ1) is 18.4. The number of hydrogen-bond acceptors (Lipinski definition) is 8. The first kappa shape index (κ1) is 28.5. The van der Waals surface area contributed by atoms with E-state index >= 15 is 0 Å². The topological polar surface area (TPSA) is 99.0 Å². The van der Waals surface area contributed by atoms with E-state index in [4.69, 9.17) is 9.47 Å². The highest BCUT2D eigenvalue weighted by Crippen LogP contribution is 2.38. The predicted molar refractivity (Wildman–Crippen MR) is 154 cm³/mol. The molecule has 0 fully saturated rings. The minimum absolute atomic E-state index is 0.0812. The van der Waals surface area contributed by atoms with Crippen LogP contribution < -0.4 is 10.1 Å². The number of anilines is 1. The van der Waals surface area contributed by atoms with Crippen molar-refractivity contribution in [1.29, 1.82) is 0 Å². The number of benzene rings is 1. The normalized spacial score (nSPS) is 13.5. The zero-order chi connectivity index (χ0) is 27.1. The summed E-state index contributed by atoms with van der Waals surface area (Å²) in [7, 11) is 0. The Morgan fingerprint density at radius 2 is 1.92 bits per heavy atom. The number of thioether (sulfide) groups is 1. The molecule has 11 heteroatoms. The van der Waals surface area contributed by atoms with Crippen molar-refractivity contribution in [1.82, 2.24) is 4.57 Å². The van der Waals surface area contributed by atoms with Gasteiger partial charge in [-0.25, -0.2) is 4.79 Å². The lowest BCUT2D eigenvalue weighted by Gasteiger charge is -2.12. The van der Waals surface area contributed by atoms with E-state index in [1.807, 2.05) is 30.5 Å². The average molecular weight is 576 g/mol. The maximum absolute atomic E-state index is 12.7. The van der Waals surface area contributed by atoms with Crippen LogP contribution in [0.1, 0.15) is 53.1 Å². The van der Waals surface area contributed by atoms with Gasteiger partial charge < -0.3 is 19.4 Å². The molecule has 0 aliphatic heterocycles. The third-order valence-corrected chi connectivity index (χ3v) is 9.25. The van der Waals surface area contributed by atoms with Crippen molar-refractivity contribution in [2.45, 2.75) is 53.0 Å². The number of ether oxygens (including phenoxy) is 2. The molecule has 2 heterocycles. The van der Waals surface area contributed by atoms with Gasteiger partial charge in [0.05, 0.1) is 40.5 Å². The minimum Gasteiger partial charge on any atom is -0.462 e. The lowest BCUT2D eigenvalue weighted by Crippen LogP contribution is -2.21. The van der Waals surface area contributed by atoms with Crippen LogP contribution in [-0.4, -0.2) is 53.7 Å². The van der Waals surface area contributed by atoms with E-state index in [1.54, 1.807) is 6.92 Å². The van der Waals surface area contributed by atoms with Gasteiger partial charge in [-0.3, -0.25) is 9.59 Å². The Kier molecular flexibility index (Phi) is 10.2. The van der Waals surface area contributed by atoms with Crippen molar-refractivity contribution in [2.75, 3.05) is 36.6 Å². The van der Waals surface area contributed by atoms with Gasteiger partial charge in [0.25, 0.3) is 5.91 Å². The highest BCUT2D eigenvalue weighted by Gasteiger charge is 2.27. The van der Waals surface area contributed by atoms with Crippen LogP contribution in [0.4, 0.5) is 5.00 Å². The smallest absolute Gasteiger partial charge is 0.341 e. The molecule has 4 rings (SSSR count). The summed E-state index contributed by atoms with van der Waals surface area (Å²) in [5.41, 5.74) is 3.67. The SMILES string of the molecule is CCOCCn1c(=NC(=O)CSCC(=O)Nc2sc3c(c2C(=O)OCC)CCCC3)sc2cc(C)ccc21. The molecule has 2 aromatic heterocycles. The van der Waals surface area contributed by atoms with Crippen LogP contribution >= 0.6 is 34.4 Å². The number of nitrogens with one attached hydrogen (secondary N) is 1. The van der Waals surface area contributed by atoms with Crippen molar-refractivity contribution in [2.24, 2.45) is 4.99 Å². The number of amides is 2. The molecule has 1 aromatic carbocycles. The Morgan fingerprint density at radius 3 is 2.71 bits per heavy atom. The van der Waals surface area contributed by atoms with Gasteiger partial charge in [-0.05, 0) is 69.7 Å². The lowest BCUT2D eigenvalue weighted by molar-refractivity contribution is -0.115. The molecule has 0 radical (unpaired) electrons. The van der Waals surface area contributed by atoms with Crippen LogP contribution in [-0.2, 0) is 38.4 Å². The quantitative estimate of drug-likeness (QED) is 0.256. The summed E-state index contributed by atoms with van der Waals surface area (Å²) in [6.45, 7) is 7.80. The van der Waals surface area contributed by atoms with E-state index < -0.39 is 0 Å². The fourth-order valence-electron chi connectivity index (χ4n) is 4.39. The van der Waals surface area contributed by atoms with Gasteiger partial charge in [0.15, 0.2) is 4.80 Å². The number of thiazole rings is 1. The first-order valence-corrected chi connectivity index (χ1v) is 15.6. The van der Waals surface area contributed by atoms with E-state index in [-0.39, 0.29) is 35.9 Å². The molecule has 0 bridgehead atoms. The number of thiophene rings is 1. The molecule has 0 spiro atoms. The first-order valence-electron chi connectivity index (χ1n) is 12.9. The van der Waals surface area contributed by atoms with Crippen LogP contribution in [0.3, 0.4) is 0 Å². The molecule has 0 saturated heterocycles. The van der Waals surface area contributed by atoms with Crippen molar-refractivity contribution in [3.8, 4) is 0 Å². The molecule has 0 atom stereocenters. The van der Waals surface area contributed by atoms with E-state index in [1.165, 1.54) is 34.4 Å². The standard InChI is InChI=1S/C27H33N3O5S3/c1-4-34-13-12-30-19-11-10-17(3)14-21(19)38-27(30)29-23(32)16-36-15-22(31)28-25-24(26(33)35-5-2)18-8-6-7-9-20(18)37-25/h10-11,14H,4-9,12-13,15-16H2,1-3H3,(H,28,31). The van der Waals surface area contributed by atoms with Gasteiger partial charge in [-0.2, -0.15) is 4.99 Å². The largest absolute Gasteiger partial charge is 0.462 e. The molecule has 0 unspecified atom stereocenters. The Bertz CT molecular complexity index is 1390. The lowest BCUT2D eigenvalue weighted by atomic mass is 9.95. The number of rotatable bonds is 11. The third-order valence-electron chi connectivity index (χ3n) is 6.08. The average Bonchev–Trinajstić information content (AvgIpc) is 3.41. The van der Waals surface area contributed by atoms with Gasteiger partial charge >= 0.3 is 5.97 Å². The molecule has 38 heavy (non-hydrogen) atoms. The molecule has 1 N–H and O–H groups in total. The summed E-state index contributed by atoms with van der Waals surface area (Å²) in [5.74, 6) is -0.772. The summed E-state index contributed by atoms with van der Waals surface area (Å²) in [6, 6.07) is 6.18. The summed E-state index contributed by atoms with van der Waals surface area (Å²) in [4.78, 5) is 44.2. The van der Waals surface area contributed by atoms with Gasteiger partial charge in [0.1, 0.15) is 5.00 Å². The number of fused-ring (bicyclic) bond motifs is 2. The third kappa shape index (κ3) is 6.93. The predicted octanol–water partition coefficient (Wildman–Crippen LogP) is 4.96. The van der Waals surface area contributed by atoms with Crippen LogP contribution in [0.2, 0.25) is 0 Å². The summed E-state index contributed by atoms with van der Waals surface area (Å²) < 4.78 is 13.9. The zero-order valence-corrected chi connectivity index (χ0v) is 24.4. The Hall–Kier alpha value is -2.47. The van der Waals surface area contributed by atoms with Crippen LogP contribution in [0.15, 0.2) is 23.2 Å². The van der Waals surface area contributed by atoms with Crippen molar-refractivity contribution in [3.63, 3.8) is 0 Å². The molecular formula is C27H33N3O5S3. The van der Waals surface area contributed by atoms with Crippen LogP contribution in [0, 0.1) is 6.92 Å². The van der Waals surface area contributed by atoms with Crippen LogP contribution in [0.5, 0.6) is 0 Å². The molecule has 204 valence electrons. The molecule has 1 aliphatic carbocycles. The molecular weight excluding hydrogens is 543 g/mol. The fraction of sp³-hybridized carbons (Fsp3) is 0.481. The second-order valence-corrected chi connectivity index (χ2v) is 12.0. The highest BCUT2D eigenvalue weighted by atomic mass is 32.2.